The van der Waals surface area contributed by atoms with Gasteiger partial charge in [-0.05, 0) is 49.5 Å². The number of carbonyl (C=O) groups excluding carboxylic acids is 2. The van der Waals surface area contributed by atoms with Crippen molar-refractivity contribution in [1.29, 1.82) is 0 Å². The van der Waals surface area contributed by atoms with Gasteiger partial charge in [0.2, 0.25) is 11.8 Å². The molecule has 0 saturated carbocycles. The third-order valence-corrected chi connectivity index (χ3v) is 4.66. The molecule has 1 aromatic rings. The molecule has 0 aliphatic carbocycles. The molecule has 0 bridgehead atoms. The van der Waals surface area contributed by atoms with Crippen molar-refractivity contribution in [2.24, 2.45) is 5.73 Å². The predicted molar refractivity (Wildman–Crippen MR) is 106 cm³/mol. The van der Waals surface area contributed by atoms with E-state index < -0.39 is 42.0 Å². The van der Waals surface area contributed by atoms with E-state index in [9.17, 15) is 24.6 Å². The topological polar surface area (TPSA) is 162 Å². The summed E-state index contributed by atoms with van der Waals surface area (Å²) in [5.74, 6) is -1.98. The standard InChI is InChI=1S/C18H27N3O6S/c1-10(22)15(18(26)27)21-17(25)14(7-8-28-2)20-16(24)13(19)9-11-3-5-12(23)6-4-11/h3-6,10,13-15,22-23H,7-9,19H2,1-2H3,(H,20,24)(H,21,25)(H,26,27)/t10-,13+,14+,15+/m1/s1. The molecule has 1 rings (SSSR count). The smallest absolute Gasteiger partial charge is 0.328 e. The van der Waals surface area contributed by atoms with Crippen LogP contribution in [0.25, 0.3) is 0 Å². The molecule has 0 radical (unpaired) electrons. The van der Waals surface area contributed by atoms with Gasteiger partial charge in [-0.15, -0.1) is 0 Å². The van der Waals surface area contributed by atoms with Crippen LogP contribution in [-0.4, -0.2) is 69.3 Å². The Bertz CT molecular complexity index is 668. The van der Waals surface area contributed by atoms with Gasteiger partial charge < -0.3 is 31.7 Å². The van der Waals surface area contributed by atoms with Gasteiger partial charge in [0, 0.05) is 0 Å². The van der Waals surface area contributed by atoms with E-state index in [0.29, 0.717) is 5.75 Å². The second-order valence-corrected chi connectivity index (χ2v) is 7.37. The van der Waals surface area contributed by atoms with Crippen LogP contribution in [0, 0.1) is 0 Å². The van der Waals surface area contributed by atoms with E-state index in [4.69, 9.17) is 10.8 Å². The fourth-order valence-corrected chi connectivity index (χ4v) is 2.88. The zero-order valence-corrected chi connectivity index (χ0v) is 16.6. The summed E-state index contributed by atoms with van der Waals surface area (Å²) in [4.78, 5) is 36.0. The number of hydrogen-bond acceptors (Lipinski definition) is 7. The summed E-state index contributed by atoms with van der Waals surface area (Å²) in [6.45, 7) is 1.25. The quantitative estimate of drug-likeness (QED) is 0.281. The van der Waals surface area contributed by atoms with Crippen LogP contribution in [0.4, 0.5) is 0 Å². The zero-order valence-electron chi connectivity index (χ0n) is 15.8. The van der Waals surface area contributed by atoms with E-state index in [1.165, 1.54) is 30.8 Å². The first-order valence-electron chi connectivity index (χ1n) is 8.69. The number of aliphatic carboxylic acids is 1. The van der Waals surface area contributed by atoms with Crippen molar-refractivity contribution in [3.63, 3.8) is 0 Å². The van der Waals surface area contributed by atoms with Gasteiger partial charge in [-0.1, -0.05) is 12.1 Å². The molecule has 1 aromatic carbocycles. The van der Waals surface area contributed by atoms with Crippen molar-refractivity contribution in [2.45, 2.75) is 44.0 Å². The number of rotatable bonds is 11. The fourth-order valence-electron chi connectivity index (χ4n) is 2.40. The molecule has 0 aliphatic heterocycles. The van der Waals surface area contributed by atoms with Crippen molar-refractivity contribution in [2.75, 3.05) is 12.0 Å². The van der Waals surface area contributed by atoms with Gasteiger partial charge in [0.1, 0.15) is 11.8 Å². The Labute approximate surface area is 167 Å². The molecule has 9 nitrogen and oxygen atoms in total. The Morgan fingerprint density at radius 2 is 1.75 bits per heavy atom. The van der Waals surface area contributed by atoms with Gasteiger partial charge in [0.05, 0.1) is 12.1 Å². The number of phenols is 1. The van der Waals surface area contributed by atoms with Crippen molar-refractivity contribution >= 4 is 29.5 Å². The number of carboxylic acids is 1. The SMILES string of the molecule is CSCC[C@H](NC(=O)[C@@H](N)Cc1ccc(O)cc1)C(=O)N[C@H](C(=O)O)[C@@H](C)O. The average molecular weight is 413 g/mol. The van der Waals surface area contributed by atoms with Crippen LogP contribution < -0.4 is 16.4 Å². The first-order valence-corrected chi connectivity index (χ1v) is 10.1. The van der Waals surface area contributed by atoms with Gasteiger partial charge in [-0.2, -0.15) is 11.8 Å². The Balaban J connectivity index is 2.77. The Hall–Kier alpha value is -2.30. The molecule has 156 valence electrons. The van der Waals surface area contributed by atoms with E-state index in [1.54, 1.807) is 12.1 Å². The summed E-state index contributed by atoms with van der Waals surface area (Å²) in [6, 6.07) is 2.86. The minimum absolute atomic E-state index is 0.0988. The molecule has 7 N–H and O–H groups in total. The lowest BCUT2D eigenvalue weighted by molar-refractivity contribution is -0.145. The lowest BCUT2D eigenvalue weighted by atomic mass is 10.0. The average Bonchev–Trinajstić information content (AvgIpc) is 2.63. The summed E-state index contributed by atoms with van der Waals surface area (Å²) in [7, 11) is 0. The molecule has 0 spiro atoms. The number of aliphatic hydroxyl groups is 1. The van der Waals surface area contributed by atoms with Crippen LogP contribution in [0.15, 0.2) is 24.3 Å². The highest BCUT2D eigenvalue weighted by Gasteiger charge is 2.30. The molecular weight excluding hydrogens is 386 g/mol. The largest absolute Gasteiger partial charge is 0.508 e. The Morgan fingerprint density at radius 1 is 1.14 bits per heavy atom. The number of phenolic OH excluding ortho intramolecular Hbond substituents is 1. The van der Waals surface area contributed by atoms with Gasteiger partial charge in [-0.25, -0.2) is 4.79 Å². The minimum Gasteiger partial charge on any atom is -0.508 e. The number of benzene rings is 1. The molecule has 0 unspecified atom stereocenters. The van der Waals surface area contributed by atoms with Crippen LogP contribution in [0.3, 0.4) is 0 Å². The fraction of sp³-hybridized carbons (Fsp3) is 0.500. The van der Waals surface area contributed by atoms with Gasteiger partial charge in [0.15, 0.2) is 6.04 Å². The molecule has 0 saturated heterocycles. The number of carboxylic acid groups (broad SMARTS) is 1. The lowest BCUT2D eigenvalue weighted by Gasteiger charge is -2.23. The van der Waals surface area contributed by atoms with Crippen molar-refractivity contribution < 1.29 is 29.7 Å². The molecule has 2 amide bonds. The zero-order chi connectivity index (χ0) is 21.3. The van der Waals surface area contributed by atoms with Crippen LogP contribution in [0.5, 0.6) is 5.75 Å². The summed E-state index contributed by atoms with van der Waals surface area (Å²) >= 11 is 1.47. The lowest BCUT2D eigenvalue weighted by Crippen LogP contribution is -2.56. The maximum absolute atomic E-state index is 12.4. The highest BCUT2D eigenvalue weighted by atomic mass is 32.2. The maximum Gasteiger partial charge on any atom is 0.328 e. The van der Waals surface area contributed by atoms with E-state index in [1.807, 2.05) is 6.26 Å². The molecule has 0 aliphatic rings. The predicted octanol–water partition coefficient (Wildman–Crippen LogP) is -0.550. The minimum atomic E-state index is -1.48. The van der Waals surface area contributed by atoms with E-state index >= 15 is 0 Å². The first-order chi connectivity index (χ1) is 13.1. The van der Waals surface area contributed by atoms with Gasteiger partial charge >= 0.3 is 5.97 Å². The third-order valence-electron chi connectivity index (χ3n) is 4.02. The van der Waals surface area contributed by atoms with Crippen molar-refractivity contribution in [3.05, 3.63) is 29.8 Å². The molecule has 10 heteroatoms. The number of thioether (sulfide) groups is 1. The molecule has 0 aromatic heterocycles. The van der Waals surface area contributed by atoms with Crippen LogP contribution >= 0.6 is 11.8 Å². The second-order valence-electron chi connectivity index (χ2n) is 6.38. The maximum atomic E-state index is 12.4. The third kappa shape index (κ3) is 7.75. The number of amides is 2. The van der Waals surface area contributed by atoms with E-state index in [0.717, 1.165) is 5.56 Å². The van der Waals surface area contributed by atoms with Crippen LogP contribution in [0.2, 0.25) is 0 Å². The number of hydrogen-bond donors (Lipinski definition) is 6. The second kappa shape index (κ2) is 11.5. The molecule has 0 heterocycles. The van der Waals surface area contributed by atoms with Crippen molar-refractivity contribution in [3.8, 4) is 5.75 Å². The number of carbonyl (C=O) groups is 3. The van der Waals surface area contributed by atoms with Gasteiger partial charge in [-0.3, -0.25) is 9.59 Å². The highest BCUT2D eigenvalue weighted by Crippen LogP contribution is 2.11. The number of aromatic hydroxyl groups is 1. The molecule has 4 atom stereocenters. The number of aliphatic hydroxyl groups excluding tert-OH is 1. The Kier molecular flexibility index (Phi) is 9.77. The Morgan fingerprint density at radius 3 is 2.25 bits per heavy atom. The highest BCUT2D eigenvalue weighted by molar-refractivity contribution is 7.98. The van der Waals surface area contributed by atoms with Gasteiger partial charge in [0.25, 0.3) is 0 Å². The summed E-state index contributed by atoms with van der Waals surface area (Å²) in [5, 5.41) is 32.7. The summed E-state index contributed by atoms with van der Waals surface area (Å²) in [5.41, 5.74) is 6.66. The monoisotopic (exact) mass is 413 g/mol. The molecular formula is C18H27N3O6S. The van der Waals surface area contributed by atoms with E-state index in [-0.39, 0.29) is 18.6 Å². The summed E-state index contributed by atoms with van der Waals surface area (Å²) in [6.07, 6.45) is 1.02. The van der Waals surface area contributed by atoms with Crippen molar-refractivity contribution in [1.82, 2.24) is 10.6 Å². The normalized spacial score (nSPS) is 15.1. The molecule has 28 heavy (non-hydrogen) atoms. The molecule has 0 fully saturated rings. The summed E-state index contributed by atoms with van der Waals surface area (Å²) < 4.78 is 0. The first kappa shape index (κ1) is 23.7. The van der Waals surface area contributed by atoms with E-state index in [2.05, 4.69) is 10.6 Å². The number of nitrogens with one attached hydrogen (secondary N) is 2. The van der Waals surface area contributed by atoms with Crippen LogP contribution in [0.1, 0.15) is 18.9 Å². The number of nitrogens with two attached hydrogens (primary N) is 1. The van der Waals surface area contributed by atoms with Crippen LogP contribution in [-0.2, 0) is 20.8 Å².